The summed E-state index contributed by atoms with van der Waals surface area (Å²) in [7, 11) is 0. The van der Waals surface area contributed by atoms with E-state index >= 15 is 0 Å². The summed E-state index contributed by atoms with van der Waals surface area (Å²) in [6.07, 6.45) is -2.28. The van der Waals surface area contributed by atoms with Crippen LogP contribution in [-0.4, -0.2) is 24.0 Å². The van der Waals surface area contributed by atoms with Crippen LogP contribution in [-0.2, 0) is 19.1 Å². The average molecular weight is 368 g/mol. The Morgan fingerprint density at radius 1 is 1.15 bits per heavy atom. The molecule has 1 aromatic carbocycles. The number of benzene rings is 1. The van der Waals surface area contributed by atoms with E-state index in [1.807, 2.05) is 25.1 Å². The third kappa shape index (κ3) is 6.02. The first-order valence-electron chi connectivity index (χ1n) is 8.18. The minimum Gasteiger partial charge on any atom is -0.357 e. The van der Waals surface area contributed by atoms with E-state index in [0.29, 0.717) is 31.5 Å². The van der Waals surface area contributed by atoms with Crippen LogP contribution in [0.15, 0.2) is 47.6 Å². The SMILES string of the molecule is CCNC(=NCc1ccc(F)cc1C(F)(F)F)NCCc1ccccn1. The standard InChI is InChI=1S/C18H20F4N4/c1-2-23-17(25-10-8-15-5-3-4-9-24-15)26-12-13-6-7-14(19)11-16(13)18(20,21)22/h3-7,9,11H,2,8,10,12H2,1H3,(H2,23,25,26). The molecule has 0 spiro atoms. The van der Waals surface area contributed by atoms with E-state index in [4.69, 9.17) is 0 Å². The molecular formula is C18H20F4N4. The van der Waals surface area contributed by atoms with Crippen LogP contribution in [0.2, 0.25) is 0 Å². The van der Waals surface area contributed by atoms with Crippen molar-refractivity contribution in [3.05, 3.63) is 65.2 Å². The third-order valence-electron chi connectivity index (χ3n) is 3.53. The van der Waals surface area contributed by atoms with Crippen LogP contribution in [0.3, 0.4) is 0 Å². The molecule has 0 radical (unpaired) electrons. The Morgan fingerprint density at radius 2 is 1.96 bits per heavy atom. The van der Waals surface area contributed by atoms with Crippen molar-refractivity contribution in [2.24, 2.45) is 4.99 Å². The van der Waals surface area contributed by atoms with Crippen LogP contribution >= 0.6 is 0 Å². The lowest BCUT2D eigenvalue weighted by Gasteiger charge is -2.14. The van der Waals surface area contributed by atoms with Gasteiger partial charge in [0, 0.05) is 31.4 Å². The topological polar surface area (TPSA) is 49.3 Å². The average Bonchev–Trinajstić information content (AvgIpc) is 2.60. The molecular weight excluding hydrogens is 348 g/mol. The highest BCUT2D eigenvalue weighted by molar-refractivity contribution is 5.79. The van der Waals surface area contributed by atoms with Gasteiger partial charge in [-0.1, -0.05) is 12.1 Å². The highest BCUT2D eigenvalue weighted by Gasteiger charge is 2.33. The lowest BCUT2D eigenvalue weighted by molar-refractivity contribution is -0.138. The quantitative estimate of drug-likeness (QED) is 0.466. The lowest BCUT2D eigenvalue weighted by atomic mass is 10.1. The van der Waals surface area contributed by atoms with Crippen molar-refractivity contribution < 1.29 is 17.6 Å². The van der Waals surface area contributed by atoms with Gasteiger partial charge in [0.2, 0.25) is 0 Å². The van der Waals surface area contributed by atoms with Crippen molar-refractivity contribution in [2.45, 2.75) is 26.1 Å². The largest absolute Gasteiger partial charge is 0.416 e. The fourth-order valence-corrected chi connectivity index (χ4v) is 2.31. The second kappa shape index (κ2) is 9.17. The van der Waals surface area contributed by atoms with Crippen LogP contribution in [0.25, 0.3) is 0 Å². The number of nitrogens with zero attached hydrogens (tertiary/aromatic N) is 2. The Morgan fingerprint density at radius 3 is 2.62 bits per heavy atom. The summed E-state index contributed by atoms with van der Waals surface area (Å²) in [6, 6.07) is 8.20. The van der Waals surface area contributed by atoms with E-state index in [1.165, 1.54) is 0 Å². The predicted molar refractivity (Wildman–Crippen MR) is 92.2 cm³/mol. The van der Waals surface area contributed by atoms with Gasteiger partial charge in [-0.15, -0.1) is 0 Å². The fourth-order valence-electron chi connectivity index (χ4n) is 2.31. The van der Waals surface area contributed by atoms with Gasteiger partial charge in [-0.25, -0.2) is 9.38 Å². The molecule has 0 amide bonds. The lowest BCUT2D eigenvalue weighted by Crippen LogP contribution is -2.38. The van der Waals surface area contributed by atoms with Gasteiger partial charge in [0.15, 0.2) is 5.96 Å². The smallest absolute Gasteiger partial charge is 0.357 e. The number of alkyl halides is 3. The van der Waals surface area contributed by atoms with Crippen molar-refractivity contribution in [3.8, 4) is 0 Å². The number of rotatable bonds is 6. The number of hydrogen-bond acceptors (Lipinski definition) is 2. The molecule has 0 aliphatic heterocycles. The molecule has 1 aromatic heterocycles. The summed E-state index contributed by atoms with van der Waals surface area (Å²) >= 11 is 0. The number of halogens is 4. The van der Waals surface area contributed by atoms with E-state index in [2.05, 4.69) is 20.6 Å². The molecule has 0 atom stereocenters. The van der Waals surface area contributed by atoms with Crippen molar-refractivity contribution >= 4 is 5.96 Å². The van der Waals surface area contributed by atoms with Gasteiger partial charge in [0.05, 0.1) is 12.1 Å². The minimum absolute atomic E-state index is 0.0826. The highest BCUT2D eigenvalue weighted by atomic mass is 19.4. The Bertz CT molecular complexity index is 730. The van der Waals surface area contributed by atoms with Crippen LogP contribution in [0.1, 0.15) is 23.7 Å². The molecule has 0 fully saturated rings. The summed E-state index contributed by atoms with van der Waals surface area (Å²) in [6.45, 7) is 2.73. The van der Waals surface area contributed by atoms with Crippen molar-refractivity contribution in [1.29, 1.82) is 0 Å². The zero-order chi connectivity index (χ0) is 19.0. The van der Waals surface area contributed by atoms with Gasteiger partial charge in [-0.05, 0) is 36.8 Å². The van der Waals surface area contributed by atoms with Gasteiger partial charge in [0.1, 0.15) is 5.82 Å². The number of aliphatic imine (C=N–C) groups is 1. The molecule has 0 saturated carbocycles. The number of hydrogen-bond donors (Lipinski definition) is 2. The van der Waals surface area contributed by atoms with Crippen molar-refractivity contribution in [3.63, 3.8) is 0 Å². The second-order valence-electron chi connectivity index (χ2n) is 5.49. The molecule has 0 aliphatic rings. The van der Waals surface area contributed by atoms with E-state index in [1.54, 1.807) is 6.20 Å². The Balaban J connectivity index is 2.04. The summed E-state index contributed by atoms with van der Waals surface area (Å²) in [5.74, 6) is -0.536. The van der Waals surface area contributed by atoms with E-state index < -0.39 is 17.6 Å². The molecule has 2 aromatic rings. The van der Waals surface area contributed by atoms with E-state index in [9.17, 15) is 17.6 Å². The minimum atomic E-state index is -4.63. The maximum atomic E-state index is 13.2. The van der Waals surface area contributed by atoms with Crippen LogP contribution in [0, 0.1) is 5.82 Å². The van der Waals surface area contributed by atoms with E-state index in [0.717, 1.165) is 17.8 Å². The molecule has 0 bridgehead atoms. The molecule has 26 heavy (non-hydrogen) atoms. The first kappa shape index (κ1) is 19.7. The molecule has 0 aliphatic carbocycles. The number of nitrogens with one attached hydrogen (secondary N) is 2. The van der Waals surface area contributed by atoms with E-state index in [-0.39, 0.29) is 12.1 Å². The first-order chi connectivity index (χ1) is 12.4. The fraction of sp³-hybridized carbons (Fsp3) is 0.333. The second-order valence-corrected chi connectivity index (χ2v) is 5.49. The molecule has 2 N–H and O–H groups in total. The highest BCUT2D eigenvalue weighted by Crippen LogP contribution is 2.32. The Kier molecular flexibility index (Phi) is 6.94. The number of guanidine groups is 1. The summed E-state index contributed by atoms with van der Waals surface area (Å²) in [5, 5.41) is 6.02. The molecule has 1 heterocycles. The zero-order valence-corrected chi connectivity index (χ0v) is 14.3. The molecule has 4 nitrogen and oxygen atoms in total. The molecule has 0 saturated heterocycles. The van der Waals surface area contributed by atoms with Gasteiger partial charge >= 0.3 is 6.18 Å². The number of pyridine rings is 1. The summed E-state index contributed by atoms with van der Waals surface area (Å²) in [5.41, 5.74) is -0.194. The third-order valence-corrected chi connectivity index (χ3v) is 3.53. The van der Waals surface area contributed by atoms with Gasteiger partial charge in [0.25, 0.3) is 0 Å². The summed E-state index contributed by atoms with van der Waals surface area (Å²) < 4.78 is 52.3. The van der Waals surface area contributed by atoms with Crippen LogP contribution < -0.4 is 10.6 Å². The molecule has 2 rings (SSSR count). The molecule has 8 heteroatoms. The van der Waals surface area contributed by atoms with Crippen LogP contribution in [0.5, 0.6) is 0 Å². The Hall–Kier alpha value is -2.64. The number of aromatic nitrogens is 1. The van der Waals surface area contributed by atoms with Gasteiger partial charge < -0.3 is 10.6 Å². The van der Waals surface area contributed by atoms with Gasteiger partial charge in [-0.3, -0.25) is 4.98 Å². The normalized spacial score (nSPS) is 12.1. The summed E-state index contributed by atoms with van der Waals surface area (Å²) in [4.78, 5) is 8.37. The monoisotopic (exact) mass is 368 g/mol. The Labute approximate surface area is 149 Å². The molecule has 0 unspecified atom stereocenters. The zero-order valence-electron chi connectivity index (χ0n) is 14.3. The predicted octanol–water partition coefficient (Wildman–Crippen LogP) is 3.54. The maximum Gasteiger partial charge on any atom is 0.416 e. The molecule has 140 valence electrons. The first-order valence-corrected chi connectivity index (χ1v) is 8.18. The van der Waals surface area contributed by atoms with Gasteiger partial charge in [-0.2, -0.15) is 13.2 Å². The van der Waals surface area contributed by atoms with Crippen molar-refractivity contribution in [2.75, 3.05) is 13.1 Å². The van der Waals surface area contributed by atoms with Crippen LogP contribution in [0.4, 0.5) is 17.6 Å². The maximum absolute atomic E-state index is 13.2. The van der Waals surface area contributed by atoms with Crippen molar-refractivity contribution in [1.82, 2.24) is 15.6 Å².